The van der Waals surface area contributed by atoms with Gasteiger partial charge in [-0.2, -0.15) is 9.97 Å². The van der Waals surface area contributed by atoms with Crippen molar-refractivity contribution in [1.82, 2.24) is 19.9 Å². The minimum absolute atomic E-state index is 0.0112. The van der Waals surface area contributed by atoms with E-state index in [1.165, 1.54) is 0 Å². The Hall–Kier alpha value is -2.08. The van der Waals surface area contributed by atoms with Crippen molar-refractivity contribution in [2.45, 2.75) is 37.5 Å². The molecule has 1 fully saturated rings. The average Bonchev–Trinajstić information content (AvgIpc) is 2.97. The zero-order valence-electron chi connectivity index (χ0n) is 13.0. The second-order valence-electron chi connectivity index (χ2n) is 5.65. The molecule has 3 rings (SSSR count). The fraction of sp³-hybridized carbons (Fsp3) is 0.615. The van der Waals surface area contributed by atoms with Gasteiger partial charge in [-0.1, -0.05) is 0 Å². The maximum Gasteiger partial charge on any atom is 0.267 e. The molecule has 24 heavy (non-hydrogen) atoms. The second-order valence-corrected chi connectivity index (χ2v) is 5.65. The zero-order valence-corrected chi connectivity index (χ0v) is 13.0. The van der Waals surface area contributed by atoms with E-state index in [0.29, 0.717) is 6.61 Å². The van der Waals surface area contributed by atoms with Gasteiger partial charge in [-0.3, -0.25) is 0 Å². The fourth-order valence-corrected chi connectivity index (χ4v) is 2.66. The summed E-state index contributed by atoms with van der Waals surface area (Å²) in [6.07, 6.45) is -3.01. The number of alkyl halides is 1. The number of imidazole rings is 1. The molecule has 1 aliphatic heterocycles. The largest absolute Gasteiger partial charge is 0.476 e. The third-order valence-corrected chi connectivity index (χ3v) is 4.00. The summed E-state index contributed by atoms with van der Waals surface area (Å²) in [4.78, 5) is 14.8. The number of aromatic nitrogens is 4. The Morgan fingerprint density at radius 2 is 2.08 bits per heavy atom. The van der Waals surface area contributed by atoms with Crippen LogP contribution in [0.3, 0.4) is 0 Å². The number of nitrogens with zero attached hydrogens (tertiary/aromatic N) is 3. The van der Waals surface area contributed by atoms with Crippen LogP contribution in [-0.4, -0.2) is 66.0 Å². The summed E-state index contributed by atoms with van der Waals surface area (Å²) in [6.45, 7) is 2.29. The fourth-order valence-electron chi connectivity index (χ4n) is 2.66. The van der Waals surface area contributed by atoms with Gasteiger partial charge in [-0.15, -0.1) is 0 Å². The quantitative estimate of drug-likeness (QED) is 0.477. The Morgan fingerprint density at radius 1 is 1.38 bits per heavy atom. The van der Waals surface area contributed by atoms with E-state index in [1.807, 2.05) is 0 Å². The van der Waals surface area contributed by atoms with Crippen LogP contribution in [-0.2, 0) is 4.74 Å². The minimum Gasteiger partial charge on any atom is -0.476 e. The predicted octanol–water partition coefficient (Wildman–Crippen LogP) is -0.825. The van der Waals surface area contributed by atoms with E-state index < -0.39 is 30.3 Å². The third-order valence-electron chi connectivity index (χ3n) is 4.00. The number of ether oxygens (including phenoxy) is 2. The lowest BCUT2D eigenvalue weighted by Gasteiger charge is -2.30. The van der Waals surface area contributed by atoms with Crippen molar-refractivity contribution in [2.75, 3.05) is 18.9 Å². The van der Waals surface area contributed by atoms with Crippen LogP contribution >= 0.6 is 0 Å². The molecule has 1 saturated heterocycles. The van der Waals surface area contributed by atoms with Gasteiger partial charge in [-0.05, 0) is 13.8 Å². The minimum atomic E-state index is -3.17. The van der Waals surface area contributed by atoms with Gasteiger partial charge < -0.3 is 35.5 Å². The number of H-pyrrole nitrogens is 1. The predicted molar refractivity (Wildman–Crippen MR) is 78.6 cm³/mol. The summed E-state index contributed by atoms with van der Waals surface area (Å²) in [7, 11) is 0. The number of nitrogens with one attached hydrogen (secondary N) is 1. The first kappa shape index (κ1) is 16.8. The van der Waals surface area contributed by atoms with Crippen LogP contribution in [0, 0.1) is 0 Å². The van der Waals surface area contributed by atoms with Crippen LogP contribution in [0.25, 0.3) is 11.2 Å². The normalized spacial score (nSPS) is 33.2. The first-order chi connectivity index (χ1) is 11.2. The molecule has 0 amide bonds. The molecule has 3 heterocycles. The molecule has 0 radical (unpaired) electrons. The summed E-state index contributed by atoms with van der Waals surface area (Å²) in [5, 5.41) is 29.4. The summed E-state index contributed by atoms with van der Waals surface area (Å²) in [5.41, 5.74) is 3.65. The van der Waals surface area contributed by atoms with Gasteiger partial charge >= 0.3 is 0 Å². The van der Waals surface area contributed by atoms with Crippen molar-refractivity contribution in [1.29, 1.82) is 0 Å². The standard InChI is InChI=1S/C13H18FN5O5/c1-3-23-10-6-8(18-11(15)19-10)17-9(16-6)7-12(2,21)13(14,22)5(4-20)24-7/h5,7,20-22H,3-4H2,1-2H3,(H3,15,16,17,18,19)/t5-,7+,12+,13-/m1/s1. The third kappa shape index (κ3) is 2.28. The van der Waals surface area contributed by atoms with E-state index >= 15 is 0 Å². The molecule has 0 aliphatic carbocycles. The van der Waals surface area contributed by atoms with Crippen molar-refractivity contribution in [2.24, 2.45) is 0 Å². The van der Waals surface area contributed by atoms with Crippen molar-refractivity contribution < 1.29 is 29.2 Å². The van der Waals surface area contributed by atoms with Gasteiger partial charge in [0.15, 0.2) is 11.2 Å². The van der Waals surface area contributed by atoms with Crippen LogP contribution in [0.5, 0.6) is 5.88 Å². The van der Waals surface area contributed by atoms with E-state index in [1.54, 1.807) is 6.92 Å². The number of halogens is 1. The molecule has 2 aromatic heterocycles. The van der Waals surface area contributed by atoms with Gasteiger partial charge in [0.25, 0.3) is 5.85 Å². The number of rotatable bonds is 4. The summed E-state index contributed by atoms with van der Waals surface area (Å²) in [6, 6.07) is 0. The van der Waals surface area contributed by atoms with Crippen LogP contribution in [0.2, 0.25) is 0 Å². The maximum absolute atomic E-state index is 14.4. The average molecular weight is 343 g/mol. The molecular weight excluding hydrogens is 325 g/mol. The molecule has 10 nitrogen and oxygen atoms in total. The smallest absolute Gasteiger partial charge is 0.267 e. The number of fused-ring (bicyclic) bond motifs is 1. The molecule has 0 unspecified atom stereocenters. The van der Waals surface area contributed by atoms with Crippen molar-refractivity contribution >= 4 is 17.1 Å². The monoisotopic (exact) mass is 343 g/mol. The van der Waals surface area contributed by atoms with E-state index in [9.17, 15) is 14.6 Å². The molecule has 6 N–H and O–H groups in total. The zero-order chi connectivity index (χ0) is 17.7. The number of aliphatic hydroxyl groups is 3. The number of aliphatic hydroxyl groups excluding tert-OH is 1. The topological polar surface area (TPSA) is 160 Å². The molecule has 0 aromatic carbocycles. The highest BCUT2D eigenvalue weighted by molar-refractivity contribution is 5.77. The van der Waals surface area contributed by atoms with Gasteiger partial charge in [-0.25, -0.2) is 9.37 Å². The van der Waals surface area contributed by atoms with Crippen molar-refractivity contribution in [3.63, 3.8) is 0 Å². The Balaban J connectivity index is 2.09. The van der Waals surface area contributed by atoms with Gasteiger partial charge in [0, 0.05) is 0 Å². The Bertz CT molecular complexity index is 765. The molecule has 132 valence electrons. The first-order valence-electron chi connectivity index (χ1n) is 7.28. The highest BCUT2D eigenvalue weighted by atomic mass is 19.2. The Morgan fingerprint density at radius 3 is 2.67 bits per heavy atom. The summed E-state index contributed by atoms with van der Waals surface area (Å²) in [5.74, 6) is -3.11. The molecule has 0 spiro atoms. The van der Waals surface area contributed by atoms with E-state index in [0.717, 1.165) is 6.92 Å². The van der Waals surface area contributed by atoms with Gasteiger partial charge in [0.1, 0.15) is 23.5 Å². The maximum atomic E-state index is 14.4. The van der Waals surface area contributed by atoms with Crippen LogP contribution in [0.15, 0.2) is 0 Å². The van der Waals surface area contributed by atoms with Crippen molar-refractivity contribution in [3.05, 3.63) is 5.82 Å². The van der Waals surface area contributed by atoms with E-state index in [2.05, 4.69) is 19.9 Å². The highest BCUT2D eigenvalue weighted by Crippen LogP contribution is 2.48. The molecular formula is C13H18FN5O5. The number of nitrogen functional groups attached to an aromatic ring is 1. The van der Waals surface area contributed by atoms with Crippen LogP contribution in [0.1, 0.15) is 25.8 Å². The Kier molecular flexibility index (Phi) is 3.83. The SMILES string of the molecule is CCOc1nc(N)nc2nc([C@@H]3O[C@H](CO)[C@](O)(F)[C@@]3(C)O)[nH]c12. The molecule has 11 heteroatoms. The molecule has 0 saturated carbocycles. The number of anilines is 1. The highest BCUT2D eigenvalue weighted by Gasteiger charge is 2.65. The number of nitrogens with two attached hydrogens (primary N) is 1. The first-order valence-corrected chi connectivity index (χ1v) is 7.28. The lowest BCUT2D eigenvalue weighted by molar-refractivity contribution is -0.219. The molecule has 4 atom stereocenters. The Labute approximate surface area is 135 Å². The van der Waals surface area contributed by atoms with Crippen LogP contribution < -0.4 is 10.5 Å². The van der Waals surface area contributed by atoms with E-state index in [-0.39, 0.29) is 28.8 Å². The van der Waals surface area contributed by atoms with Crippen LogP contribution in [0.4, 0.5) is 10.3 Å². The molecule has 2 aromatic rings. The lowest BCUT2D eigenvalue weighted by atomic mass is 9.90. The number of hydrogen-bond acceptors (Lipinski definition) is 9. The lowest BCUT2D eigenvalue weighted by Crippen LogP contribution is -2.53. The summed E-state index contributed by atoms with van der Waals surface area (Å²) < 4.78 is 25.0. The second kappa shape index (κ2) is 5.48. The van der Waals surface area contributed by atoms with Gasteiger partial charge in [0.05, 0.1) is 13.2 Å². The molecule has 1 aliphatic rings. The molecule has 0 bridgehead atoms. The summed E-state index contributed by atoms with van der Waals surface area (Å²) >= 11 is 0. The van der Waals surface area contributed by atoms with E-state index in [4.69, 9.17) is 20.3 Å². The van der Waals surface area contributed by atoms with Gasteiger partial charge in [0.2, 0.25) is 11.8 Å². The van der Waals surface area contributed by atoms with Crippen molar-refractivity contribution in [3.8, 4) is 5.88 Å². The number of aromatic amines is 1. The number of hydrogen-bond donors (Lipinski definition) is 5.